The lowest BCUT2D eigenvalue weighted by molar-refractivity contribution is 0.299. The summed E-state index contributed by atoms with van der Waals surface area (Å²) in [6.45, 7) is 5.65. The van der Waals surface area contributed by atoms with Gasteiger partial charge < -0.3 is 14.8 Å². The number of aromatic nitrogens is 3. The zero-order valence-electron chi connectivity index (χ0n) is 16.1. The van der Waals surface area contributed by atoms with Gasteiger partial charge in [0.2, 0.25) is 0 Å². The van der Waals surface area contributed by atoms with Gasteiger partial charge in [0.05, 0.1) is 6.54 Å². The molecule has 27 heavy (non-hydrogen) atoms. The second-order valence-corrected chi connectivity index (χ2v) is 8.54. The van der Waals surface area contributed by atoms with E-state index in [0.717, 1.165) is 49.1 Å². The Morgan fingerprint density at radius 1 is 1.26 bits per heavy atom. The third kappa shape index (κ3) is 4.82. The number of thiophene rings is 1. The Kier molecular flexibility index (Phi) is 7.13. The molecule has 2 aromatic heterocycles. The molecule has 3 heterocycles. The van der Waals surface area contributed by atoms with Crippen LogP contribution in [0, 0.1) is 18.8 Å². The largest absolute Gasteiger partial charge is 0.351 e. The van der Waals surface area contributed by atoms with Crippen LogP contribution in [0.3, 0.4) is 0 Å². The number of nitrogens with one attached hydrogen (secondary N) is 1. The molecule has 0 bridgehead atoms. The predicted octanol–water partition coefficient (Wildman–Crippen LogP) is 3.57. The van der Waals surface area contributed by atoms with Crippen molar-refractivity contribution in [2.75, 3.05) is 13.1 Å². The highest BCUT2D eigenvalue weighted by molar-refractivity contribution is 14.0. The third-order valence-corrected chi connectivity index (χ3v) is 6.71. The normalized spacial score (nSPS) is 22.4. The Hall–Kier alpha value is -1.16. The van der Waals surface area contributed by atoms with Crippen LogP contribution in [0.25, 0.3) is 0 Å². The topological polar surface area (TPSA) is 58.3 Å². The highest BCUT2D eigenvalue weighted by atomic mass is 127. The molecule has 2 atom stereocenters. The Labute approximate surface area is 182 Å². The summed E-state index contributed by atoms with van der Waals surface area (Å²) < 4.78 is 2.02. The van der Waals surface area contributed by atoms with Gasteiger partial charge in [0.15, 0.2) is 11.8 Å². The molecular weight excluding hydrogens is 471 g/mol. The minimum Gasteiger partial charge on any atom is -0.351 e. The van der Waals surface area contributed by atoms with Gasteiger partial charge in [0, 0.05) is 25.0 Å². The summed E-state index contributed by atoms with van der Waals surface area (Å²) >= 11 is 1.79. The molecule has 0 spiro atoms. The smallest absolute Gasteiger partial charge is 0.194 e. The maximum atomic E-state index is 4.92. The summed E-state index contributed by atoms with van der Waals surface area (Å²) in [6, 6.07) is 4.27. The van der Waals surface area contributed by atoms with Gasteiger partial charge in [0.1, 0.15) is 12.4 Å². The highest BCUT2D eigenvalue weighted by Crippen LogP contribution is 2.36. The Morgan fingerprint density at radius 3 is 2.59 bits per heavy atom. The average molecular weight is 500 g/mol. The molecule has 1 saturated carbocycles. The van der Waals surface area contributed by atoms with Crippen molar-refractivity contribution in [2.45, 2.75) is 45.7 Å². The Balaban J connectivity index is 0.00000210. The fraction of sp³-hybridized carbons (Fsp3) is 0.632. The molecule has 1 aliphatic carbocycles. The number of aryl methyl sites for hydroxylation is 1. The molecule has 2 unspecified atom stereocenters. The molecule has 4 rings (SSSR count). The Bertz CT molecular complexity index is 742. The SMILES string of the molecule is Cc1nnc(CN=C(NCc2cccs2)N2CC3CCCCC3C2)n1C.I. The van der Waals surface area contributed by atoms with Crippen LogP contribution < -0.4 is 5.32 Å². The van der Waals surface area contributed by atoms with Gasteiger partial charge in [-0.15, -0.1) is 45.5 Å². The van der Waals surface area contributed by atoms with Crippen molar-refractivity contribution in [2.24, 2.45) is 23.9 Å². The van der Waals surface area contributed by atoms with E-state index in [2.05, 4.69) is 37.9 Å². The number of rotatable bonds is 4. The molecule has 1 N–H and O–H groups in total. The number of likely N-dealkylation sites (tertiary alicyclic amines) is 1. The van der Waals surface area contributed by atoms with Crippen molar-refractivity contribution in [3.8, 4) is 0 Å². The van der Waals surface area contributed by atoms with Crippen LogP contribution in [-0.4, -0.2) is 38.7 Å². The fourth-order valence-electron chi connectivity index (χ4n) is 4.16. The molecule has 1 saturated heterocycles. The van der Waals surface area contributed by atoms with Crippen molar-refractivity contribution in [1.29, 1.82) is 0 Å². The highest BCUT2D eigenvalue weighted by Gasteiger charge is 2.35. The number of hydrogen-bond donors (Lipinski definition) is 1. The van der Waals surface area contributed by atoms with Crippen molar-refractivity contribution >= 4 is 41.3 Å². The van der Waals surface area contributed by atoms with Gasteiger partial charge >= 0.3 is 0 Å². The molecule has 148 valence electrons. The van der Waals surface area contributed by atoms with Gasteiger partial charge in [-0.05, 0) is 43.0 Å². The van der Waals surface area contributed by atoms with Crippen LogP contribution in [0.4, 0.5) is 0 Å². The van der Waals surface area contributed by atoms with Crippen LogP contribution in [0.1, 0.15) is 42.2 Å². The predicted molar refractivity (Wildman–Crippen MR) is 120 cm³/mol. The molecule has 2 fully saturated rings. The first-order valence-electron chi connectivity index (χ1n) is 9.61. The standard InChI is InChI=1S/C19H28N6S.HI/c1-14-22-23-18(24(14)2)11-21-19(20-10-17-8-5-9-26-17)25-12-15-6-3-4-7-16(15)13-25;/h5,8-9,15-16H,3-4,6-7,10-13H2,1-2H3,(H,20,21);1H. The molecule has 2 aliphatic rings. The molecule has 8 heteroatoms. The van der Waals surface area contributed by atoms with Crippen molar-refractivity contribution in [3.63, 3.8) is 0 Å². The monoisotopic (exact) mass is 500 g/mol. The van der Waals surface area contributed by atoms with Crippen molar-refractivity contribution in [1.82, 2.24) is 25.0 Å². The van der Waals surface area contributed by atoms with Gasteiger partial charge in [-0.25, -0.2) is 4.99 Å². The fourth-order valence-corrected chi connectivity index (χ4v) is 4.80. The summed E-state index contributed by atoms with van der Waals surface area (Å²) in [6.07, 6.45) is 5.54. The molecule has 0 amide bonds. The number of guanidine groups is 1. The second-order valence-electron chi connectivity index (χ2n) is 7.50. The minimum absolute atomic E-state index is 0. The summed E-state index contributed by atoms with van der Waals surface area (Å²) in [7, 11) is 2.00. The van der Waals surface area contributed by atoms with Gasteiger partial charge in [-0.2, -0.15) is 0 Å². The van der Waals surface area contributed by atoms with Crippen LogP contribution in [-0.2, 0) is 20.1 Å². The van der Waals surface area contributed by atoms with Crippen LogP contribution in [0.5, 0.6) is 0 Å². The number of fused-ring (bicyclic) bond motifs is 1. The summed E-state index contributed by atoms with van der Waals surface area (Å²) in [5.41, 5.74) is 0. The van der Waals surface area contributed by atoms with E-state index in [1.165, 1.54) is 30.6 Å². The van der Waals surface area contributed by atoms with Crippen LogP contribution in [0.2, 0.25) is 0 Å². The van der Waals surface area contributed by atoms with E-state index < -0.39 is 0 Å². The zero-order valence-corrected chi connectivity index (χ0v) is 19.2. The van der Waals surface area contributed by atoms with E-state index in [-0.39, 0.29) is 24.0 Å². The maximum absolute atomic E-state index is 4.92. The van der Waals surface area contributed by atoms with E-state index >= 15 is 0 Å². The molecule has 2 aromatic rings. The molecule has 0 aromatic carbocycles. The zero-order chi connectivity index (χ0) is 17.9. The van der Waals surface area contributed by atoms with Crippen molar-refractivity contribution in [3.05, 3.63) is 34.0 Å². The average Bonchev–Trinajstić information content (AvgIpc) is 3.37. The number of hydrogen-bond acceptors (Lipinski definition) is 4. The maximum Gasteiger partial charge on any atom is 0.194 e. The van der Waals surface area contributed by atoms with Crippen LogP contribution >= 0.6 is 35.3 Å². The summed E-state index contributed by atoms with van der Waals surface area (Å²) in [5.74, 6) is 4.54. The first-order chi connectivity index (χ1) is 12.7. The van der Waals surface area contributed by atoms with E-state index in [0.29, 0.717) is 6.54 Å². The van der Waals surface area contributed by atoms with Gasteiger partial charge in [-0.3, -0.25) is 0 Å². The molecular formula is C19H29IN6S. The number of halogens is 1. The van der Waals surface area contributed by atoms with E-state index in [1.807, 2.05) is 18.5 Å². The number of nitrogens with zero attached hydrogens (tertiary/aromatic N) is 5. The van der Waals surface area contributed by atoms with Gasteiger partial charge in [0.25, 0.3) is 0 Å². The summed E-state index contributed by atoms with van der Waals surface area (Å²) in [4.78, 5) is 8.73. The van der Waals surface area contributed by atoms with E-state index in [4.69, 9.17) is 4.99 Å². The number of aliphatic imine (C=N–C) groups is 1. The Morgan fingerprint density at radius 2 is 2.00 bits per heavy atom. The second kappa shape index (κ2) is 9.36. The van der Waals surface area contributed by atoms with Crippen LogP contribution in [0.15, 0.2) is 22.5 Å². The lowest BCUT2D eigenvalue weighted by Gasteiger charge is -2.22. The minimum atomic E-state index is 0. The molecule has 1 aliphatic heterocycles. The summed E-state index contributed by atoms with van der Waals surface area (Å²) in [5, 5.41) is 14.1. The van der Waals surface area contributed by atoms with Gasteiger partial charge in [-0.1, -0.05) is 18.9 Å². The molecule has 6 nitrogen and oxygen atoms in total. The molecule has 0 radical (unpaired) electrons. The first kappa shape index (κ1) is 20.6. The third-order valence-electron chi connectivity index (χ3n) is 5.83. The van der Waals surface area contributed by atoms with Crippen molar-refractivity contribution < 1.29 is 0 Å². The quantitative estimate of drug-likeness (QED) is 0.396. The van der Waals surface area contributed by atoms with E-state index in [9.17, 15) is 0 Å². The van der Waals surface area contributed by atoms with E-state index in [1.54, 1.807) is 11.3 Å². The first-order valence-corrected chi connectivity index (χ1v) is 10.5. The lowest BCUT2D eigenvalue weighted by Crippen LogP contribution is -2.40. The lowest BCUT2D eigenvalue weighted by atomic mass is 9.82.